The summed E-state index contributed by atoms with van der Waals surface area (Å²) < 4.78 is 27.5. The first-order valence-electron chi connectivity index (χ1n) is 14.0. The summed E-state index contributed by atoms with van der Waals surface area (Å²) in [5, 5.41) is 0.499. The number of nitrogens with zero attached hydrogens (tertiary/aromatic N) is 1. The average Bonchev–Trinajstić information content (AvgIpc) is 3.50. The van der Waals surface area contributed by atoms with Crippen LogP contribution in [0.1, 0.15) is 47.1 Å². The Hall–Kier alpha value is -2.16. The summed E-state index contributed by atoms with van der Waals surface area (Å²) in [7, 11) is 0. The van der Waals surface area contributed by atoms with Gasteiger partial charge in [0.05, 0.1) is 24.2 Å². The number of aromatic nitrogens is 1. The minimum atomic E-state index is -2.92. The second-order valence-electron chi connectivity index (χ2n) is 10.7. The predicted octanol–water partition coefficient (Wildman–Crippen LogP) is 10.5. The number of esters is 1. The summed E-state index contributed by atoms with van der Waals surface area (Å²) >= 11 is 22.7. The quantitative estimate of drug-likeness (QED) is 0.0800. The van der Waals surface area contributed by atoms with Gasteiger partial charge in [0.25, 0.3) is 0 Å². The van der Waals surface area contributed by atoms with E-state index in [9.17, 15) is 4.79 Å². The minimum absolute atomic E-state index is 0.0212. The first-order valence-corrected chi connectivity index (χ1v) is 17.7. The molecule has 1 aliphatic rings. The van der Waals surface area contributed by atoms with Crippen molar-refractivity contribution in [2.24, 2.45) is 17.3 Å². The molecule has 44 heavy (non-hydrogen) atoms. The number of benzene rings is 2. The van der Waals surface area contributed by atoms with Gasteiger partial charge in [-0.15, -0.1) is 0 Å². The molecule has 0 bridgehead atoms. The van der Waals surface area contributed by atoms with E-state index in [0.29, 0.717) is 13.2 Å². The van der Waals surface area contributed by atoms with Gasteiger partial charge in [0, 0.05) is 11.8 Å². The van der Waals surface area contributed by atoms with E-state index in [1.807, 2.05) is 54.6 Å². The first kappa shape index (κ1) is 36.3. The zero-order valence-electron chi connectivity index (χ0n) is 25.5. The molecule has 2 atom stereocenters. The molecule has 4 rings (SSSR count). The smallest absolute Gasteiger partial charge is 0.381 e. The third kappa shape index (κ3) is 10.4. The molecule has 2 unspecified atom stereocenters. The molecule has 0 N–H and O–H groups in total. The molecule has 2 aromatic carbocycles. The summed E-state index contributed by atoms with van der Waals surface area (Å²) in [5.74, 6) is 1.67. The van der Waals surface area contributed by atoms with Gasteiger partial charge in [-0.1, -0.05) is 90.6 Å². The number of para-hydroxylation sites is 1. The lowest BCUT2D eigenvalue weighted by Crippen LogP contribution is -2.10. The summed E-state index contributed by atoms with van der Waals surface area (Å²) in [5.41, 5.74) is 2.14. The van der Waals surface area contributed by atoms with Crippen molar-refractivity contribution >= 4 is 59.3 Å². The fraction of sp³-hybridized carbons (Fsp3) is 0.375. The zero-order chi connectivity index (χ0) is 32.5. The fourth-order valence-electron chi connectivity index (χ4n) is 4.37. The standard InChI is InChI=1S/C23H26O3.C9H11Cl3NO3PS/c1-16(2)13-20-21(23(20,3)4)22(24)25-15-17-9-8-12-19(14-17)26-18-10-6-5-7-11-18;1-3-14-17(18,15-4-2)16-9-7(11)5-6(10)8(12)13-9/h5-14,20-21H,15H2,1-4H3;5H,3-4H2,1-2H3. The van der Waals surface area contributed by atoms with E-state index >= 15 is 0 Å². The maximum Gasteiger partial charge on any atom is 0.381 e. The van der Waals surface area contributed by atoms with E-state index in [0.717, 1.165) is 17.1 Å². The number of halogens is 3. The van der Waals surface area contributed by atoms with Gasteiger partial charge in [0.2, 0.25) is 5.88 Å². The topological polar surface area (TPSA) is 76.1 Å². The third-order valence-electron chi connectivity index (χ3n) is 6.56. The van der Waals surface area contributed by atoms with Crippen molar-refractivity contribution < 1.29 is 27.8 Å². The Balaban J connectivity index is 0.000000259. The maximum atomic E-state index is 12.5. The number of hydrogen-bond acceptors (Lipinski definition) is 8. The molecule has 7 nitrogen and oxygen atoms in total. The van der Waals surface area contributed by atoms with Crippen LogP contribution in [-0.4, -0.2) is 24.2 Å². The van der Waals surface area contributed by atoms with E-state index in [-0.39, 0.29) is 50.9 Å². The summed E-state index contributed by atoms with van der Waals surface area (Å²) in [4.78, 5) is 16.4. The number of carbonyl (C=O) groups excluding carboxylic acids is 1. The number of carbonyl (C=O) groups is 1. The van der Waals surface area contributed by atoms with Crippen LogP contribution in [0.5, 0.6) is 17.4 Å². The number of pyridine rings is 1. The van der Waals surface area contributed by atoms with Crippen LogP contribution in [0.2, 0.25) is 15.2 Å². The molecule has 1 aliphatic carbocycles. The van der Waals surface area contributed by atoms with Gasteiger partial charge in [-0.25, -0.2) is 0 Å². The molecule has 1 heterocycles. The van der Waals surface area contributed by atoms with Crippen LogP contribution < -0.4 is 9.26 Å². The molecule has 3 aromatic rings. The van der Waals surface area contributed by atoms with Gasteiger partial charge >= 0.3 is 12.7 Å². The van der Waals surface area contributed by atoms with E-state index < -0.39 is 6.72 Å². The Morgan fingerprint density at radius 3 is 2.20 bits per heavy atom. The van der Waals surface area contributed by atoms with Crippen LogP contribution in [0, 0.1) is 17.3 Å². The normalized spacial score (nSPS) is 16.7. The SMILES string of the molecule is CC(C)=CC1C(C(=O)OCc2cccc(Oc3ccccc3)c2)C1(C)C.CCOP(=S)(OCC)Oc1nc(Cl)c(Cl)cc1Cl. The van der Waals surface area contributed by atoms with Crippen molar-refractivity contribution in [2.75, 3.05) is 13.2 Å². The van der Waals surface area contributed by atoms with Crippen LogP contribution >= 0.6 is 41.5 Å². The Morgan fingerprint density at radius 1 is 0.955 bits per heavy atom. The van der Waals surface area contributed by atoms with Crippen LogP contribution in [0.15, 0.2) is 72.3 Å². The number of rotatable bonds is 12. The third-order valence-corrected chi connectivity index (χ3v) is 9.91. The molecule has 0 spiro atoms. The molecular weight excluding hydrogens is 664 g/mol. The van der Waals surface area contributed by atoms with Crippen LogP contribution in [0.25, 0.3) is 0 Å². The van der Waals surface area contributed by atoms with Gasteiger partial charge in [-0.2, -0.15) is 4.98 Å². The van der Waals surface area contributed by atoms with Gasteiger partial charge in [-0.05, 0) is 74.9 Å². The molecule has 1 aromatic heterocycles. The van der Waals surface area contributed by atoms with E-state index in [4.69, 9.17) is 69.7 Å². The summed E-state index contributed by atoms with van der Waals surface area (Å²) in [6, 6.07) is 18.7. The van der Waals surface area contributed by atoms with E-state index in [2.05, 4.69) is 38.8 Å². The average molecular weight is 701 g/mol. The molecule has 0 amide bonds. The highest BCUT2D eigenvalue weighted by molar-refractivity contribution is 8.07. The highest BCUT2D eigenvalue weighted by Crippen LogP contribution is 2.60. The summed E-state index contributed by atoms with van der Waals surface area (Å²) in [6.45, 7) is 10.0. The lowest BCUT2D eigenvalue weighted by Gasteiger charge is -2.20. The monoisotopic (exact) mass is 699 g/mol. The number of allylic oxidation sites excluding steroid dienone is 2. The molecule has 238 valence electrons. The van der Waals surface area contributed by atoms with Crippen LogP contribution in [0.4, 0.5) is 0 Å². The highest BCUT2D eigenvalue weighted by atomic mass is 35.5. The Bertz CT molecular complexity index is 1490. The molecule has 0 aliphatic heterocycles. The lowest BCUT2D eigenvalue weighted by molar-refractivity contribution is -0.147. The molecule has 1 fully saturated rings. The number of hydrogen-bond donors (Lipinski definition) is 0. The maximum absolute atomic E-state index is 12.5. The molecular formula is C32H37Cl3NO6PS. The Labute approximate surface area is 280 Å². The second-order valence-corrected chi connectivity index (χ2v) is 14.8. The van der Waals surface area contributed by atoms with Gasteiger partial charge in [0.1, 0.15) is 23.1 Å². The first-order chi connectivity index (χ1) is 20.8. The summed E-state index contributed by atoms with van der Waals surface area (Å²) in [6.07, 6.45) is 2.18. The molecule has 0 saturated heterocycles. The predicted molar refractivity (Wildman–Crippen MR) is 180 cm³/mol. The molecule has 0 radical (unpaired) electrons. The second kappa shape index (κ2) is 16.4. The zero-order valence-corrected chi connectivity index (χ0v) is 29.5. The lowest BCUT2D eigenvalue weighted by atomic mass is 10.1. The largest absolute Gasteiger partial charge is 0.461 e. The van der Waals surface area contributed by atoms with Crippen molar-refractivity contribution in [1.82, 2.24) is 4.98 Å². The van der Waals surface area contributed by atoms with Crippen molar-refractivity contribution in [1.29, 1.82) is 0 Å². The fourth-order valence-corrected chi connectivity index (χ4v) is 6.96. The Morgan fingerprint density at radius 2 is 1.59 bits per heavy atom. The van der Waals surface area contributed by atoms with E-state index in [1.165, 1.54) is 11.6 Å². The molecule has 12 heteroatoms. The van der Waals surface area contributed by atoms with Gasteiger partial charge < -0.3 is 14.0 Å². The van der Waals surface area contributed by atoms with Crippen molar-refractivity contribution in [3.8, 4) is 17.4 Å². The van der Waals surface area contributed by atoms with Gasteiger partial charge in [-0.3, -0.25) is 13.8 Å². The number of ether oxygens (including phenoxy) is 2. The van der Waals surface area contributed by atoms with Crippen molar-refractivity contribution in [2.45, 2.75) is 48.1 Å². The van der Waals surface area contributed by atoms with Crippen molar-refractivity contribution in [3.05, 3.63) is 93.1 Å². The van der Waals surface area contributed by atoms with E-state index in [1.54, 1.807) is 13.8 Å². The molecule has 1 saturated carbocycles. The minimum Gasteiger partial charge on any atom is -0.461 e. The van der Waals surface area contributed by atoms with Crippen LogP contribution in [-0.2, 0) is 37.0 Å². The van der Waals surface area contributed by atoms with Crippen LogP contribution in [0.3, 0.4) is 0 Å². The van der Waals surface area contributed by atoms with Crippen molar-refractivity contribution in [3.63, 3.8) is 0 Å². The Kier molecular flexibility index (Phi) is 13.5. The highest BCUT2D eigenvalue weighted by Gasteiger charge is 2.61. The van der Waals surface area contributed by atoms with Gasteiger partial charge in [0.15, 0.2) is 5.15 Å².